The number of hydrogen-bond acceptors (Lipinski definition) is 11. The van der Waals surface area contributed by atoms with E-state index in [0.29, 0.717) is 31.2 Å². The molecule has 2 saturated heterocycles. The summed E-state index contributed by atoms with van der Waals surface area (Å²) in [7, 11) is 0. The first kappa shape index (κ1) is 39.3. The summed E-state index contributed by atoms with van der Waals surface area (Å²) in [4.78, 5) is 59.9. The molecule has 2 bridgehead atoms. The van der Waals surface area contributed by atoms with Crippen molar-refractivity contribution >= 4 is 23.9 Å². The standard InChI is InChI=1S/C43H49N3O10/c47-36(18-19-37(48)56-46-40(49)38-31-16-17-32(30-31)39(38)41(46)50)54-28-26-52-24-25-53-27-29-55-42(51)44-20-22-45(23-21-44)43(33-10-4-1-5-11-33,34-12-6-2-7-13-34)35-14-8-3-9-15-35/h1-17,31-32,36,38-39,47H,18-30H2/t31-,32+,36-,38-,39+/m0/s1. The van der Waals surface area contributed by atoms with Crippen LogP contribution in [0.25, 0.3) is 0 Å². The Morgan fingerprint density at radius 3 is 1.68 bits per heavy atom. The van der Waals surface area contributed by atoms with E-state index in [1.807, 2.05) is 30.4 Å². The summed E-state index contributed by atoms with van der Waals surface area (Å²) in [6.45, 7) is 3.46. The van der Waals surface area contributed by atoms with Gasteiger partial charge in [0.15, 0.2) is 6.29 Å². The highest BCUT2D eigenvalue weighted by Gasteiger charge is 2.61. The van der Waals surface area contributed by atoms with Gasteiger partial charge in [-0.25, -0.2) is 9.59 Å². The number of rotatable bonds is 18. The van der Waals surface area contributed by atoms with Gasteiger partial charge in [0.2, 0.25) is 0 Å². The number of aliphatic hydroxyl groups is 1. The number of carbonyl (C=O) groups excluding carboxylic acids is 4. The molecule has 2 aliphatic carbocycles. The molecule has 1 N–H and O–H groups in total. The fourth-order valence-electron chi connectivity index (χ4n) is 8.59. The monoisotopic (exact) mass is 767 g/mol. The quantitative estimate of drug-likeness (QED) is 0.0656. The summed E-state index contributed by atoms with van der Waals surface area (Å²) in [5.74, 6) is -2.59. The number of imide groups is 1. The van der Waals surface area contributed by atoms with Gasteiger partial charge in [0, 0.05) is 32.6 Å². The average molecular weight is 768 g/mol. The van der Waals surface area contributed by atoms with E-state index in [2.05, 4.69) is 77.7 Å². The van der Waals surface area contributed by atoms with Crippen molar-refractivity contribution in [1.82, 2.24) is 14.9 Å². The second-order valence-corrected chi connectivity index (χ2v) is 14.4. The Hall–Kier alpha value is -4.92. The fraction of sp³-hybridized carbons (Fsp3) is 0.442. The lowest BCUT2D eigenvalue weighted by atomic mass is 9.75. The van der Waals surface area contributed by atoms with Crippen molar-refractivity contribution in [3.8, 4) is 0 Å². The normalized spacial score (nSPS) is 22.4. The van der Waals surface area contributed by atoms with E-state index in [4.69, 9.17) is 23.8 Å². The van der Waals surface area contributed by atoms with Gasteiger partial charge >= 0.3 is 12.1 Å². The van der Waals surface area contributed by atoms with Crippen LogP contribution in [0.5, 0.6) is 0 Å². The van der Waals surface area contributed by atoms with Crippen LogP contribution in [0.15, 0.2) is 103 Å². The number of nitrogens with zero attached hydrogens (tertiary/aromatic N) is 3. The summed E-state index contributed by atoms with van der Waals surface area (Å²) in [6.07, 6.45) is 2.80. The van der Waals surface area contributed by atoms with Gasteiger partial charge in [-0.1, -0.05) is 103 Å². The molecular weight excluding hydrogens is 718 g/mol. The van der Waals surface area contributed by atoms with Crippen molar-refractivity contribution in [3.63, 3.8) is 0 Å². The van der Waals surface area contributed by atoms with E-state index in [1.165, 1.54) is 16.7 Å². The molecule has 0 spiro atoms. The highest BCUT2D eigenvalue weighted by molar-refractivity contribution is 6.06. The molecule has 7 rings (SSSR count). The number of amides is 3. The minimum Gasteiger partial charge on any atom is -0.447 e. The molecule has 3 aromatic carbocycles. The molecule has 2 aliphatic heterocycles. The second kappa shape index (κ2) is 18.4. The van der Waals surface area contributed by atoms with E-state index in [-0.39, 0.29) is 70.4 Å². The van der Waals surface area contributed by atoms with Gasteiger partial charge in [0.25, 0.3) is 11.8 Å². The lowest BCUT2D eigenvalue weighted by Crippen LogP contribution is -2.57. The van der Waals surface area contributed by atoms with Crippen LogP contribution in [-0.4, -0.2) is 116 Å². The van der Waals surface area contributed by atoms with Crippen molar-refractivity contribution in [2.75, 3.05) is 65.8 Å². The molecule has 0 radical (unpaired) electrons. The van der Waals surface area contributed by atoms with Crippen molar-refractivity contribution in [2.45, 2.75) is 31.1 Å². The van der Waals surface area contributed by atoms with Gasteiger partial charge in [-0.2, -0.15) is 0 Å². The van der Waals surface area contributed by atoms with Crippen LogP contribution in [0.4, 0.5) is 4.79 Å². The van der Waals surface area contributed by atoms with Crippen molar-refractivity contribution in [1.29, 1.82) is 0 Å². The van der Waals surface area contributed by atoms with Gasteiger partial charge in [0.1, 0.15) is 6.61 Å². The number of fused-ring (bicyclic) bond motifs is 5. The number of hydroxylamine groups is 2. The van der Waals surface area contributed by atoms with Crippen LogP contribution >= 0.6 is 0 Å². The van der Waals surface area contributed by atoms with E-state index in [1.54, 1.807) is 4.90 Å². The number of hydrogen-bond donors (Lipinski definition) is 1. The smallest absolute Gasteiger partial charge is 0.409 e. The van der Waals surface area contributed by atoms with E-state index >= 15 is 0 Å². The zero-order chi connectivity index (χ0) is 38.9. The Morgan fingerprint density at radius 2 is 1.16 bits per heavy atom. The summed E-state index contributed by atoms with van der Waals surface area (Å²) < 4.78 is 21.8. The topological polar surface area (TPSA) is 144 Å². The summed E-state index contributed by atoms with van der Waals surface area (Å²) in [5, 5.41) is 10.7. The molecular formula is C43H49N3O10. The first-order valence-corrected chi connectivity index (χ1v) is 19.4. The van der Waals surface area contributed by atoms with Crippen molar-refractivity contribution in [2.24, 2.45) is 23.7 Å². The van der Waals surface area contributed by atoms with E-state index in [0.717, 1.165) is 6.42 Å². The molecule has 0 unspecified atom stereocenters. The molecule has 56 heavy (non-hydrogen) atoms. The van der Waals surface area contributed by atoms with E-state index < -0.39 is 41.4 Å². The number of benzene rings is 3. The van der Waals surface area contributed by atoms with Gasteiger partial charge < -0.3 is 33.8 Å². The van der Waals surface area contributed by atoms with Crippen LogP contribution < -0.4 is 0 Å². The second-order valence-electron chi connectivity index (χ2n) is 14.4. The number of piperazine rings is 1. The zero-order valence-electron chi connectivity index (χ0n) is 31.4. The Morgan fingerprint density at radius 1 is 0.679 bits per heavy atom. The van der Waals surface area contributed by atoms with Crippen LogP contribution in [0, 0.1) is 23.7 Å². The third-order valence-corrected chi connectivity index (χ3v) is 11.2. The predicted octanol–water partition coefficient (Wildman–Crippen LogP) is 4.15. The number of ether oxygens (including phenoxy) is 4. The first-order chi connectivity index (χ1) is 27.4. The van der Waals surface area contributed by atoms with Crippen molar-refractivity contribution < 1.29 is 48.1 Å². The molecule has 3 fully saturated rings. The average Bonchev–Trinajstić information content (AvgIpc) is 3.93. The fourth-order valence-corrected chi connectivity index (χ4v) is 8.59. The van der Waals surface area contributed by atoms with Crippen LogP contribution in [0.1, 0.15) is 36.0 Å². The van der Waals surface area contributed by atoms with Crippen LogP contribution in [-0.2, 0) is 43.7 Å². The minimum atomic E-state index is -1.25. The zero-order valence-corrected chi connectivity index (χ0v) is 31.4. The summed E-state index contributed by atoms with van der Waals surface area (Å²) in [6, 6.07) is 31.5. The number of aliphatic hydroxyl groups excluding tert-OH is 1. The summed E-state index contributed by atoms with van der Waals surface area (Å²) in [5.41, 5.74) is 2.96. The summed E-state index contributed by atoms with van der Waals surface area (Å²) >= 11 is 0. The highest BCUT2D eigenvalue weighted by Crippen LogP contribution is 2.52. The van der Waals surface area contributed by atoms with Crippen LogP contribution in [0.2, 0.25) is 0 Å². The molecule has 3 aromatic rings. The molecule has 4 aliphatic rings. The maximum absolute atomic E-state index is 13.0. The molecule has 13 nitrogen and oxygen atoms in total. The third-order valence-electron chi connectivity index (χ3n) is 11.2. The Bertz CT molecular complexity index is 1690. The third kappa shape index (κ3) is 8.42. The largest absolute Gasteiger partial charge is 0.447 e. The Labute approximate surface area is 326 Å². The maximum Gasteiger partial charge on any atom is 0.409 e. The lowest BCUT2D eigenvalue weighted by molar-refractivity contribution is -0.200. The maximum atomic E-state index is 13.0. The highest BCUT2D eigenvalue weighted by atomic mass is 16.7. The van der Waals surface area contributed by atoms with Gasteiger partial charge in [0.05, 0.1) is 56.8 Å². The van der Waals surface area contributed by atoms with Gasteiger partial charge in [-0.05, 0) is 34.9 Å². The SMILES string of the molecule is O=C(CC[C@@H](O)OCCOCCOCCOC(=O)N1CCN(C(c2ccccc2)(c2ccccc2)c2ccccc2)CC1)ON1C(=O)[C@@H]2[C@H](C1=O)[C@@H]1C=C[C@H]2C1. The Kier molecular flexibility index (Phi) is 12.9. The Balaban J connectivity index is 0.753. The predicted molar refractivity (Wildman–Crippen MR) is 202 cm³/mol. The number of allylic oxidation sites excluding steroid dienone is 2. The molecule has 296 valence electrons. The van der Waals surface area contributed by atoms with E-state index in [9.17, 15) is 24.3 Å². The number of carbonyl (C=O) groups is 4. The first-order valence-electron chi connectivity index (χ1n) is 19.4. The van der Waals surface area contributed by atoms with Crippen molar-refractivity contribution in [3.05, 3.63) is 120 Å². The lowest BCUT2D eigenvalue weighted by Gasteiger charge is -2.48. The van der Waals surface area contributed by atoms with Crippen LogP contribution in [0.3, 0.4) is 0 Å². The molecule has 13 heteroatoms. The molecule has 5 atom stereocenters. The molecule has 3 amide bonds. The minimum absolute atomic E-state index is 0.0202. The molecule has 2 heterocycles. The van der Waals surface area contributed by atoms with Gasteiger partial charge in [-0.15, -0.1) is 5.06 Å². The molecule has 0 aromatic heterocycles. The van der Waals surface area contributed by atoms with Gasteiger partial charge in [-0.3, -0.25) is 14.5 Å². The molecule has 1 saturated carbocycles.